The second-order valence-corrected chi connectivity index (χ2v) is 10.9. The highest BCUT2D eigenvalue weighted by Crippen LogP contribution is 2.39. The zero-order chi connectivity index (χ0) is 27.0. The standard InChI is InChI=1S/C25H27ClN8O3S/c1-3-25(2)7-10-33(11-8-25)16-13-29-22(19(27)31-16)38-15-6-4-5-14(18(15)26)30-20(35)17-21(36)32-24-28-9-12-34(24)23(17)37/h4-6,9,12-13,37H,3,7-8,10-11H2,1-2H3,(H2,27,31)(H,30,35)(H,28,32,36). The maximum atomic E-state index is 12.9. The second kappa shape index (κ2) is 10.2. The van der Waals surface area contributed by atoms with Crippen molar-refractivity contribution in [2.45, 2.75) is 43.0 Å². The van der Waals surface area contributed by atoms with Crippen molar-refractivity contribution in [3.63, 3.8) is 0 Å². The molecule has 0 bridgehead atoms. The first-order valence-electron chi connectivity index (χ1n) is 12.1. The number of imidazole rings is 1. The number of nitrogens with zero attached hydrogens (tertiary/aromatic N) is 5. The van der Waals surface area contributed by atoms with Gasteiger partial charge in [0.1, 0.15) is 10.8 Å². The molecule has 1 aliphatic rings. The van der Waals surface area contributed by atoms with E-state index in [0.29, 0.717) is 15.3 Å². The molecule has 13 heteroatoms. The minimum absolute atomic E-state index is 0.116. The number of piperidine rings is 1. The number of nitrogens with two attached hydrogens (primary N) is 1. The van der Waals surface area contributed by atoms with Crippen LogP contribution in [0.3, 0.4) is 0 Å². The lowest BCUT2D eigenvalue weighted by Crippen LogP contribution is -2.39. The van der Waals surface area contributed by atoms with E-state index in [1.54, 1.807) is 24.4 Å². The largest absolute Gasteiger partial charge is 0.493 e. The lowest BCUT2D eigenvalue weighted by molar-refractivity contribution is 0.102. The number of hydrogen-bond acceptors (Lipinski definition) is 9. The summed E-state index contributed by atoms with van der Waals surface area (Å²) in [5, 5.41) is 13.7. The number of rotatable bonds is 6. The van der Waals surface area contributed by atoms with Crippen LogP contribution in [-0.4, -0.2) is 48.4 Å². The van der Waals surface area contributed by atoms with Gasteiger partial charge in [-0.25, -0.2) is 15.0 Å². The number of hydrogen-bond donors (Lipinski definition) is 4. The van der Waals surface area contributed by atoms with E-state index in [9.17, 15) is 14.7 Å². The Labute approximate surface area is 227 Å². The summed E-state index contributed by atoms with van der Waals surface area (Å²) in [6.07, 6.45) is 7.87. The predicted molar refractivity (Wildman–Crippen MR) is 147 cm³/mol. The van der Waals surface area contributed by atoms with Crippen molar-refractivity contribution in [2.24, 2.45) is 5.41 Å². The fourth-order valence-corrected chi connectivity index (χ4v) is 5.47. The number of halogens is 1. The van der Waals surface area contributed by atoms with Crippen molar-refractivity contribution in [3.8, 4) is 5.88 Å². The molecule has 4 heterocycles. The summed E-state index contributed by atoms with van der Waals surface area (Å²) in [4.78, 5) is 43.6. The summed E-state index contributed by atoms with van der Waals surface area (Å²) in [6.45, 7) is 6.37. The molecule has 1 aliphatic heterocycles. The first kappa shape index (κ1) is 25.9. The van der Waals surface area contributed by atoms with Crippen LogP contribution in [0, 0.1) is 5.41 Å². The van der Waals surface area contributed by atoms with Gasteiger partial charge in [-0.3, -0.25) is 19.0 Å². The van der Waals surface area contributed by atoms with Gasteiger partial charge in [-0.05, 0) is 30.4 Å². The monoisotopic (exact) mass is 554 g/mol. The molecule has 0 radical (unpaired) electrons. The number of carbonyl (C=O) groups is 1. The first-order valence-corrected chi connectivity index (χ1v) is 13.3. The molecule has 4 aromatic rings. The summed E-state index contributed by atoms with van der Waals surface area (Å²) in [6, 6.07) is 5.04. The quantitative estimate of drug-likeness (QED) is 0.275. The number of aromatic amines is 1. The average molecular weight is 555 g/mol. The molecule has 0 atom stereocenters. The molecule has 1 amide bonds. The van der Waals surface area contributed by atoms with E-state index >= 15 is 0 Å². The van der Waals surface area contributed by atoms with E-state index < -0.39 is 22.9 Å². The topological polar surface area (TPSA) is 155 Å². The van der Waals surface area contributed by atoms with Crippen LogP contribution < -0.4 is 21.5 Å². The molecule has 3 aromatic heterocycles. The van der Waals surface area contributed by atoms with Crippen molar-refractivity contribution in [3.05, 3.63) is 57.7 Å². The fourth-order valence-electron chi connectivity index (χ4n) is 4.38. The molecule has 0 aliphatic carbocycles. The Hall–Kier alpha value is -3.77. The molecule has 1 fully saturated rings. The third kappa shape index (κ3) is 4.88. The maximum absolute atomic E-state index is 12.9. The average Bonchev–Trinajstić information content (AvgIpc) is 3.37. The van der Waals surface area contributed by atoms with Gasteiger partial charge >= 0.3 is 0 Å². The van der Waals surface area contributed by atoms with E-state index in [4.69, 9.17) is 17.3 Å². The van der Waals surface area contributed by atoms with Gasteiger partial charge in [0.15, 0.2) is 11.4 Å². The van der Waals surface area contributed by atoms with Gasteiger partial charge in [0.25, 0.3) is 11.5 Å². The van der Waals surface area contributed by atoms with Crippen molar-refractivity contribution in [2.75, 3.05) is 29.0 Å². The third-order valence-corrected chi connectivity index (χ3v) is 8.68. The molecule has 0 spiro atoms. The van der Waals surface area contributed by atoms with Crippen LogP contribution in [0.5, 0.6) is 5.88 Å². The molecule has 0 unspecified atom stereocenters. The van der Waals surface area contributed by atoms with Crippen molar-refractivity contribution in [1.29, 1.82) is 0 Å². The summed E-state index contributed by atoms with van der Waals surface area (Å²) in [5.74, 6) is -0.210. The molecule has 0 saturated carbocycles. The zero-order valence-corrected chi connectivity index (χ0v) is 22.4. The molecular formula is C25H27ClN8O3S. The van der Waals surface area contributed by atoms with Crippen molar-refractivity contribution >= 4 is 52.4 Å². The Morgan fingerprint density at radius 3 is 2.79 bits per heavy atom. The van der Waals surface area contributed by atoms with Crippen LogP contribution >= 0.6 is 23.4 Å². The number of anilines is 3. The van der Waals surface area contributed by atoms with Gasteiger partial charge in [-0.15, -0.1) is 0 Å². The molecular weight excluding hydrogens is 528 g/mol. The zero-order valence-electron chi connectivity index (χ0n) is 20.9. The van der Waals surface area contributed by atoms with E-state index in [-0.39, 0.29) is 22.3 Å². The summed E-state index contributed by atoms with van der Waals surface area (Å²) < 4.78 is 1.20. The first-order chi connectivity index (χ1) is 18.2. The number of aromatic nitrogens is 5. The van der Waals surface area contributed by atoms with Crippen LogP contribution in [-0.2, 0) is 0 Å². The Morgan fingerprint density at radius 2 is 2.08 bits per heavy atom. The van der Waals surface area contributed by atoms with Crippen molar-refractivity contribution in [1.82, 2.24) is 24.3 Å². The van der Waals surface area contributed by atoms with Crippen LogP contribution in [0.1, 0.15) is 43.5 Å². The van der Waals surface area contributed by atoms with E-state index in [2.05, 4.69) is 44.0 Å². The number of H-pyrrole nitrogens is 1. The number of aromatic hydroxyl groups is 1. The number of benzene rings is 1. The van der Waals surface area contributed by atoms with Gasteiger partial charge in [0, 0.05) is 30.4 Å². The van der Waals surface area contributed by atoms with E-state index in [0.717, 1.165) is 38.2 Å². The van der Waals surface area contributed by atoms with Crippen LogP contribution in [0.15, 0.2) is 51.5 Å². The Morgan fingerprint density at radius 1 is 1.32 bits per heavy atom. The van der Waals surface area contributed by atoms with E-state index in [1.165, 1.54) is 28.6 Å². The highest BCUT2D eigenvalue weighted by molar-refractivity contribution is 7.99. The lowest BCUT2D eigenvalue weighted by Gasteiger charge is -2.39. The Kier molecular flexibility index (Phi) is 6.93. The summed E-state index contributed by atoms with van der Waals surface area (Å²) in [7, 11) is 0. The van der Waals surface area contributed by atoms with Crippen LogP contribution in [0.4, 0.5) is 17.3 Å². The molecule has 1 aromatic carbocycles. The highest BCUT2D eigenvalue weighted by atomic mass is 35.5. The maximum Gasteiger partial charge on any atom is 0.269 e. The van der Waals surface area contributed by atoms with Gasteiger partial charge in [-0.1, -0.05) is 49.7 Å². The number of carbonyl (C=O) groups excluding carboxylic acids is 1. The minimum atomic E-state index is -0.826. The number of amides is 1. The summed E-state index contributed by atoms with van der Waals surface area (Å²) >= 11 is 7.81. The normalized spacial score (nSPS) is 15.1. The minimum Gasteiger partial charge on any atom is -0.493 e. The summed E-state index contributed by atoms with van der Waals surface area (Å²) in [5.41, 5.74) is 5.63. The van der Waals surface area contributed by atoms with Gasteiger partial charge in [0.05, 0.1) is 16.9 Å². The molecule has 11 nitrogen and oxygen atoms in total. The fraction of sp³-hybridized carbons (Fsp3) is 0.320. The number of nitrogens with one attached hydrogen (secondary N) is 2. The Bertz CT molecular complexity index is 1580. The Balaban J connectivity index is 1.33. The van der Waals surface area contributed by atoms with E-state index in [1.807, 2.05) is 0 Å². The SMILES string of the molecule is CCC1(C)CCN(c2cnc(Sc3cccc(NC(=O)c4c(O)n5ccnc5[nH]c4=O)c3Cl)c(N)n2)CC1. The lowest BCUT2D eigenvalue weighted by atomic mass is 9.78. The van der Waals surface area contributed by atoms with Crippen LogP contribution in [0.25, 0.3) is 5.78 Å². The second-order valence-electron chi connectivity index (χ2n) is 9.52. The smallest absolute Gasteiger partial charge is 0.269 e. The van der Waals surface area contributed by atoms with Gasteiger partial charge in [0.2, 0.25) is 11.7 Å². The van der Waals surface area contributed by atoms with Crippen LogP contribution in [0.2, 0.25) is 5.02 Å². The molecule has 5 N–H and O–H groups in total. The van der Waals surface area contributed by atoms with Gasteiger partial charge < -0.3 is 21.1 Å². The highest BCUT2D eigenvalue weighted by Gasteiger charge is 2.29. The predicted octanol–water partition coefficient (Wildman–Crippen LogP) is 4.17. The molecule has 198 valence electrons. The number of nitrogen functional groups attached to an aromatic ring is 1. The molecule has 5 rings (SSSR count). The number of fused-ring (bicyclic) bond motifs is 1. The van der Waals surface area contributed by atoms with Crippen molar-refractivity contribution < 1.29 is 9.90 Å². The third-order valence-electron chi connectivity index (χ3n) is 7.09. The molecule has 1 saturated heterocycles. The molecule has 38 heavy (non-hydrogen) atoms. The van der Waals surface area contributed by atoms with Gasteiger partial charge in [-0.2, -0.15) is 0 Å².